The van der Waals surface area contributed by atoms with Crippen molar-refractivity contribution in [1.29, 1.82) is 0 Å². The summed E-state index contributed by atoms with van der Waals surface area (Å²) in [7, 11) is -5.10. The smallest absolute Gasteiger partial charge is 0.449 e. The zero-order valence-electron chi connectivity index (χ0n) is 9.25. The number of benzene rings is 1. The van der Waals surface area contributed by atoms with Crippen LogP contribution in [0.25, 0.3) is 0 Å². The molecule has 0 spiro atoms. The topological polar surface area (TPSA) is 34.1 Å². The summed E-state index contributed by atoms with van der Waals surface area (Å²) < 4.78 is 71.7. The Hall–Kier alpha value is -1.49. The molecule has 0 radical (unpaired) electrons. The first-order valence-electron chi connectivity index (χ1n) is 4.80. The lowest BCUT2D eigenvalue weighted by Crippen LogP contribution is -2.20. The quantitative estimate of drug-likeness (QED) is 0.369. The minimum atomic E-state index is -5.16. The minimum absolute atomic E-state index is 0.105. The molecule has 1 aromatic rings. The van der Waals surface area contributed by atoms with E-state index >= 15 is 0 Å². The Morgan fingerprint density at radius 2 is 1.89 bits per heavy atom. The molecule has 18 heavy (non-hydrogen) atoms. The molecule has 0 bridgehead atoms. The van der Waals surface area contributed by atoms with Crippen LogP contribution in [0, 0.1) is 19.3 Å². The van der Waals surface area contributed by atoms with Crippen LogP contribution in [0.3, 0.4) is 0 Å². The van der Waals surface area contributed by atoms with Gasteiger partial charge in [0.25, 0.3) is 0 Å². The molecule has 0 aliphatic carbocycles. The largest absolute Gasteiger partial charge is 0.482 e. The molecule has 0 aromatic heterocycles. The van der Waals surface area contributed by atoms with Crippen molar-refractivity contribution in [2.24, 2.45) is 0 Å². The minimum Gasteiger partial charge on any atom is -0.449 e. The summed E-state index contributed by atoms with van der Waals surface area (Å²) >= 11 is 0. The summed E-state index contributed by atoms with van der Waals surface area (Å²) in [4.78, 5) is -0.812. The molecular formula is C10H8BF4O2S-. The predicted molar refractivity (Wildman–Crippen MR) is 60.2 cm³/mol. The second-order valence-electron chi connectivity index (χ2n) is 3.76. The van der Waals surface area contributed by atoms with Crippen LogP contribution in [0.1, 0.15) is 16.7 Å². The number of hydrogen-bond donors (Lipinski definition) is 0. The average Bonchev–Trinajstić information content (AvgIpc) is 2.17. The Morgan fingerprint density at radius 3 is 2.28 bits per heavy atom. The summed E-state index contributed by atoms with van der Waals surface area (Å²) in [5.41, 5.74) is -0.697. The van der Waals surface area contributed by atoms with Crippen molar-refractivity contribution in [1.82, 2.24) is 0 Å². The Balaban J connectivity index is 3.50. The van der Waals surface area contributed by atoms with E-state index in [0.717, 1.165) is 19.1 Å². The maximum atomic E-state index is 12.9. The summed E-state index contributed by atoms with van der Waals surface area (Å²) in [6.45, 7) is -4.05. The first-order chi connectivity index (χ1) is 8.04. The molecule has 0 saturated carbocycles. The van der Waals surface area contributed by atoms with E-state index in [9.17, 15) is 25.3 Å². The highest BCUT2D eigenvalue weighted by Crippen LogP contribution is 2.26. The number of halogens is 4. The molecule has 8 heteroatoms. The third kappa shape index (κ3) is 3.50. The standard InChI is InChI=1S/C10H8BF4O2S/c1-3-8-4-9(6-11(12,13)14)7(2)10(5-8)18(15,16)17/h1,4-5H,6H2,2H3/q-1. The summed E-state index contributed by atoms with van der Waals surface area (Å²) in [6.07, 6.45) is 3.70. The molecule has 0 aliphatic heterocycles. The van der Waals surface area contributed by atoms with E-state index in [4.69, 9.17) is 6.42 Å². The highest BCUT2D eigenvalue weighted by atomic mass is 32.3. The second-order valence-corrected chi connectivity index (χ2v) is 5.07. The van der Waals surface area contributed by atoms with E-state index < -0.39 is 28.4 Å². The third-order valence-electron chi connectivity index (χ3n) is 2.35. The average molecular weight is 279 g/mol. The molecule has 0 aliphatic rings. The first kappa shape index (κ1) is 14.6. The molecule has 0 atom stereocenters. The summed E-state index contributed by atoms with van der Waals surface area (Å²) in [5, 5.41) is 0. The van der Waals surface area contributed by atoms with Crippen molar-refractivity contribution >= 4 is 17.2 Å². The van der Waals surface area contributed by atoms with Crippen molar-refractivity contribution < 1.29 is 25.3 Å². The van der Waals surface area contributed by atoms with Gasteiger partial charge in [0.15, 0.2) is 0 Å². The van der Waals surface area contributed by atoms with Crippen molar-refractivity contribution in [3.8, 4) is 12.3 Å². The SMILES string of the molecule is C#Cc1cc(C[B-](F)(F)F)c(C)c(S(=O)(=O)F)c1. The van der Waals surface area contributed by atoms with Crippen molar-refractivity contribution in [3.05, 3.63) is 28.8 Å². The van der Waals surface area contributed by atoms with Gasteiger partial charge in [0.1, 0.15) is 4.90 Å². The Bertz CT molecular complexity index is 614. The molecule has 0 N–H and O–H groups in total. The van der Waals surface area contributed by atoms with Crippen LogP contribution in [0.2, 0.25) is 0 Å². The van der Waals surface area contributed by atoms with Gasteiger partial charge in [-0.15, -0.1) is 10.3 Å². The third-order valence-corrected chi connectivity index (χ3v) is 3.30. The molecule has 0 unspecified atom stereocenters. The maximum absolute atomic E-state index is 12.9. The summed E-state index contributed by atoms with van der Waals surface area (Å²) in [6, 6.07) is 1.89. The molecule has 0 heterocycles. The fraction of sp³-hybridized carbons (Fsp3) is 0.200. The van der Waals surface area contributed by atoms with E-state index in [1.807, 2.05) is 5.92 Å². The van der Waals surface area contributed by atoms with Gasteiger partial charge in [0.2, 0.25) is 0 Å². The van der Waals surface area contributed by atoms with Crippen LogP contribution < -0.4 is 0 Å². The molecule has 1 aromatic carbocycles. The normalized spacial score (nSPS) is 12.2. The van der Waals surface area contributed by atoms with E-state index in [0.29, 0.717) is 0 Å². The molecule has 2 nitrogen and oxygen atoms in total. The van der Waals surface area contributed by atoms with E-state index in [2.05, 4.69) is 0 Å². The van der Waals surface area contributed by atoms with Crippen molar-refractivity contribution in [3.63, 3.8) is 0 Å². The summed E-state index contributed by atoms with van der Waals surface area (Å²) in [5.74, 6) is 2.00. The number of terminal acetylenes is 1. The van der Waals surface area contributed by atoms with Gasteiger partial charge in [-0.3, -0.25) is 0 Å². The lowest BCUT2D eigenvalue weighted by Gasteiger charge is -2.17. The van der Waals surface area contributed by atoms with Crippen LogP contribution in [-0.4, -0.2) is 15.4 Å². The molecule has 1 rings (SSSR count). The fourth-order valence-electron chi connectivity index (χ4n) is 1.54. The molecule has 98 valence electrons. The highest BCUT2D eigenvalue weighted by Gasteiger charge is 2.26. The zero-order chi connectivity index (χ0) is 14.1. The lowest BCUT2D eigenvalue weighted by atomic mass is 9.80. The van der Waals surface area contributed by atoms with Crippen molar-refractivity contribution in [2.75, 3.05) is 0 Å². The van der Waals surface area contributed by atoms with Crippen LogP contribution in [0.4, 0.5) is 16.8 Å². The van der Waals surface area contributed by atoms with E-state index in [-0.39, 0.29) is 16.7 Å². The maximum Gasteiger partial charge on any atom is 0.482 e. The van der Waals surface area contributed by atoms with E-state index in [1.54, 1.807) is 0 Å². The Morgan fingerprint density at radius 1 is 1.33 bits per heavy atom. The van der Waals surface area contributed by atoms with Gasteiger partial charge in [0, 0.05) is 5.56 Å². The van der Waals surface area contributed by atoms with Gasteiger partial charge in [-0.1, -0.05) is 17.8 Å². The van der Waals surface area contributed by atoms with Gasteiger partial charge >= 0.3 is 17.2 Å². The molecule has 0 fully saturated rings. The molecule has 0 amide bonds. The lowest BCUT2D eigenvalue weighted by molar-refractivity contribution is 0.468. The van der Waals surface area contributed by atoms with Gasteiger partial charge in [-0.2, -0.15) is 8.42 Å². The van der Waals surface area contributed by atoms with Crippen molar-refractivity contribution in [2.45, 2.75) is 18.1 Å². The fourth-order valence-corrected chi connectivity index (χ4v) is 2.31. The van der Waals surface area contributed by atoms with Gasteiger partial charge < -0.3 is 12.9 Å². The monoisotopic (exact) mass is 279 g/mol. The zero-order valence-corrected chi connectivity index (χ0v) is 10.1. The molecule has 0 saturated heterocycles. The van der Waals surface area contributed by atoms with E-state index in [1.165, 1.54) is 0 Å². The van der Waals surface area contributed by atoms with Gasteiger partial charge in [-0.05, 0) is 24.6 Å². The second kappa shape index (κ2) is 4.65. The van der Waals surface area contributed by atoms with Gasteiger partial charge in [0.05, 0.1) is 0 Å². The molecular weight excluding hydrogens is 271 g/mol. The highest BCUT2D eigenvalue weighted by molar-refractivity contribution is 7.86. The Kier molecular flexibility index (Phi) is 3.76. The van der Waals surface area contributed by atoms with Crippen LogP contribution in [0.15, 0.2) is 17.0 Å². The van der Waals surface area contributed by atoms with Crippen LogP contribution >= 0.6 is 0 Å². The van der Waals surface area contributed by atoms with Crippen LogP contribution in [0.5, 0.6) is 0 Å². The number of hydrogen-bond acceptors (Lipinski definition) is 2. The van der Waals surface area contributed by atoms with Crippen LogP contribution in [-0.2, 0) is 16.5 Å². The predicted octanol–water partition coefficient (Wildman–Crippen LogP) is 2.56. The number of rotatable bonds is 3. The van der Waals surface area contributed by atoms with Gasteiger partial charge in [-0.25, -0.2) is 0 Å². The first-order valence-corrected chi connectivity index (χ1v) is 6.19. The Labute approximate surface area is 102 Å².